The summed E-state index contributed by atoms with van der Waals surface area (Å²) in [6.07, 6.45) is -9.14. The number of rotatable bonds is 4. The van der Waals surface area contributed by atoms with E-state index >= 15 is 0 Å². The van der Waals surface area contributed by atoms with Crippen molar-refractivity contribution >= 4 is 23.2 Å². The zero-order valence-electron chi connectivity index (χ0n) is 16.0. The molecular weight excluding hydrogens is 438 g/mol. The monoisotopic (exact) mass is 452 g/mol. The first-order chi connectivity index (χ1) is 14.9. The van der Waals surface area contributed by atoms with E-state index in [0.717, 1.165) is 42.5 Å². The van der Waals surface area contributed by atoms with Gasteiger partial charge in [-0.3, -0.25) is 9.59 Å². The van der Waals surface area contributed by atoms with E-state index in [2.05, 4.69) is 10.6 Å². The highest BCUT2D eigenvalue weighted by molar-refractivity contribution is 6.12. The molecule has 0 saturated heterocycles. The van der Waals surface area contributed by atoms with Crippen molar-refractivity contribution in [1.29, 1.82) is 0 Å². The SMILES string of the molecule is O=C(Nc1ccccc1C(=O)Nc1cccc(C(F)(F)F)c1)c1ccc(C(F)(F)F)cc1. The molecule has 4 nitrogen and oxygen atoms in total. The van der Waals surface area contributed by atoms with Crippen molar-refractivity contribution in [3.05, 3.63) is 95.1 Å². The van der Waals surface area contributed by atoms with Crippen LogP contribution in [0.2, 0.25) is 0 Å². The number of nitrogens with one attached hydrogen (secondary N) is 2. The van der Waals surface area contributed by atoms with E-state index in [1.54, 1.807) is 0 Å². The summed E-state index contributed by atoms with van der Waals surface area (Å²) in [6, 6.07) is 13.2. The van der Waals surface area contributed by atoms with Crippen molar-refractivity contribution in [2.24, 2.45) is 0 Å². The molecule has 0 aliphatic carbocycles. The van der Waals surface area contributed by atoms with Gasteiger partial charge in [-0.2, -0.15) is 26.3 Å². The van der Waals surface area contributed by atoms with Gasteiger partial charge in [-0.1, -0.05) is 18.2 Å². The topological polar surface area (TPSA) is 58.2 Å². The van der Waals surface area contributed by atoms with Crippen LogP contribution in [0.4, 0.5) is 37.7 Å². The summed E-state index contributed by atoms with van der Waals surface area (Å²) in [5.41, 5.74) is -2.07. The van der Waals surface area contributed by atoms with Crippen LogP contribution in [0.25, 0.3) is 0 Å². The zero-order valence-corrected chi connectivity index (χ0v) is 16.0. The van der Waals surface area contributed by atoms with Gasteiger partial charge < -0.3 is 10.6 Å². The molecular formula is C22H14F6N2O2. The lowest BCUT2D eigenvalue weighted by molar-refractivity contribution is -0.138. The van der Waals surface area contributed by atoms with E-state index in [1.807, 2.05) is 0 Å². The number of alkyl halides is 6. The lowest BCUT2D eigenvalue weighted by Crippen LogP contribution is -2.18. The number of benzene rings is 3. The fourth-order valence-electron chi connectivity index (χ4n) is 2.77. The molecule has 0 heterocycles. The van der Waals surface area contributed by atoms with Crippen LogP contribution < -0.4 is 10.6 Å². The largest absolute Gasteiger partial charge is 0.416 e. The number of hydrogen-bond acceptors (Lipinski definition) is 2. The first-order valence-electron chi connectivity index (χ1n) is 9.01. The average Bonchev–Trinajstić information content (AvgIpc) is 2.73. The smallest absolute Gasteiger partial charge is 0.322 e. The molecule has 3 aromatic carbocycles. The van der Waals surface area contributed by atoms with Crippen molar-refractivity contribution in [1.82, 2.24) is 0 Å². The molecule has 0 aliphatic rings. The van der Waals surface area contributed by atoms with Crippen LogP contribution in [-0.2, 0) is 12.4 Å². The second-order valence-electron chi connectivity index (χ2n) is 6.61. The minimum atomic E-state index is -4.59. The predicted molar refractivity (Wildman–Crippen MR) is 105 cm³/mol. The molecule has 0 unspecified atom stereocenters. The van der Waals surface area contributed by atoms with Crippen molar-refractivity contribution in [2.75, 3.05) is 10.6 Å². The van der Waals surface area contributed by atoms with E-state index in [1.165, 1.54) is 30.3 Å². The normalized spacial score (nSPS) is 11.7. The highest BCUT2D eigenvalue weighted by atomic mass is 19.4. The first-order valence-corrected chi connectivity index (χ1v) is 9.01. The number of hydrogen-bond donors (Lipinski definition) is 2. The minimum absolute atomic E-state index is 0.0295. The van der Waals surface area contributed by atoms with E-state index in [0.29, 0.717) is 0 Å². The summed E-state index contributed by atoms with van der Waals surface area (Å²) >= 11 is 0. The Bertz CT molecular complexity index is 1140. The lowest BCUT2D eigenvalue weighted by Gasteiger charge is -2.13. The molecule has 0 spiro atoms. The van der Waals surface area contributed by atoms with Crippen LogP contribution in [0.1, 0.15) is 31.8 Å². The van der Waals surface area contributed by atoms with Crippen molar-refractivity contribution < 1.29 is 35.9 Å². The molecule has 166 valence electrons. The highest BCUT2D eigenvalue weighted by Crippen LogP contribution is 2.31. The van der Waals surface area contributed by atoms with Gasteiger partial charge in [0.25, 0.3) is 11.8 Å². The molecule has 0 bridgehead atoms. The molecule has 0 saturated carbocycles. The molecule has 0 atom stereocenters. The quantitative estimate of drug-likeness (QED) is 0.461. The van der Waals surface area contributed by atoms with Gasteiger partial charge in [-0.05, 0) is 54.6 Å². The van der Waals surface area contributed by atoms with Crippen molar-refractivity contribution in [2.45, 2.75) is 12.4 Å². The maximum atomic E-state index is 12.9. The van der Waals surface area contributed by atoms with E-state index in [9.17, 15) is 35.9 Å². The third-order valence-electron chi connectivity index (χ3n) is 4.34. The summed E-state index contributed by atoms with van der Waals surface area (Å²) < 4.78 is 76.6. The summed E-state index contributed by atoms with van der Waals surface area (Å²) in [5.74, 6) is -1.55. The van der Waals surface area contributed by atoms with Crippen LogP contribution in [0.15, 0.2) is 72.8 Å². The maximum Gasteiger partial charge on any atom is 0.416 e. The standard InChI is InChI=1S/C22H14F6N2O2/c23-21(24,25)14-10-8-13(9-11-14)19(31)30-18-7-2-1-6-17(18)20(32)29-16-5-3-4-15(12-16)22(26,27)28/h1-12H,(H,29,32)(H,30,31). The fraction of sp³-hybridized carbons (Fsp3) is 0.0909. The number of anilines is 2. The Labute approximate surface area is 177 Å². The second kappa shape index (κ2) is 8.74. The van der Waals surface area contributed by atoms with Crippen LogP contribution in [0.5, 0.6) is 0 Å². The Kier molecular flexibility index (Phi) is 6.24. The molecule has 0 aromatic heterocycles. The third-order valence-corrected chi connectivity index (χ3v) is 4.34. The number of amides is 2. The van der Waals surface area contributed by atoms with Gasteiger partial charge in [-0.25, -0.2) is 0 Å². The fourth-order valence-corrected chi connectivity index (χ4v) is 2.77. The van der Waals surface area contributed by atoms with Gasteiger partial charge in [0, 0.05) is 11.3 Å². The van der Waals surface area contributed by atoms with Crippen LogP contribution in [-0.4, -0.2) is 11.8 Å². The predicted octanol–water partition coefficient (Wildman–Crippen LogP) is 6.23. The number of para-hydroxylation sites is 1. The average molecular weight is 452 g/mol. The van der Waals surface area contributed by atoms with Gasteiger partial charge in [-0.15, -0.1) is 0 Å². The molecule has 32 heavy (non-hydrogen) atoms. The molecule has 2 amide bonds. The molecule has 3 aromatic rings. The number of halogens is 6. The van der Waals surface area contributed by atoms with E-state index < -0.39 is 35.3 Å². The van der Waals surface area contributed by atoms with Gasteiger partial charge in [0.15, 0.2) is 0 Å². The highest BCUT2D eigenvalue weighted by Gasteiger charge is 2.31. The first kappa shape index (κ1) is 22.9. The summed E-state index contributed by atoms with van der Waals surface area (Å²) in [4.78, 5) is 25.0. The van der Waals surface area contributed by atoms with Crippen molar-refractivity contribution in [3.8, 4) is 0 Å². The second-order valence-corrected chi connectivity index (χ2v) is 6.61. The number of carbonyl (C=O) groups excluding carboxylic acids is 2. The maximum absolute atomic E-state index is 12.9. The van der Waals surface area contributed by atoms with Crippen LogP contribution >= 0.6 is 0 Å². The molecule has 2 N–H and O–H groups in total. The van der Waals surface area contributed by atoms with E-state index in [-0.39, 0.29) is 22.5 Å². The minimum Gasteiger partial charge on any atom is -0.322 e. The Morgan fingerprint density at radius 1 is 0.625 bits per heavy atom. The lowest BCUT2D eigenvalue weighted by atomic mass is 10.1. The van der Waals surface area contributed by atoms with Gasteiger partial charge >= 0.3 is 12.4 Å². The molecule has 3 rings (SSSR count). The molecule has 0 aliphatic heterocycles. The zero-order chi connectivity index (χ0) is 23.5. The number of carbonyl (C=O) groups is 2. The van der Waals surface area contributed by atoms with Gasteiger partial charge in [0.2, 0.25) is 0 Å². The van der Waals surface area contributed by atoms with Crippen molar-refractivity contribution in [3.63, 3.8) is 0 Å². The van der Waals surface area contributed by atoms with Gasteiger partial charge in [0.05, 0.1) is 22.4 Å². The Hall–Kier alpha value is -3.82. The Balaban J connectivity index is 1.78. The van der Waals surface area contributed by atoms with Crippen LogP contribution in [0.3, 0.4) is 0 Å². The van der Waals surface area contributed by atoms with E-state index in [4.69, 9.17) is 0 Å². The van der Waals surface area contributed by atoms with Gasteiger partial charge in [0.1, 0.15) is 0 Å². The third kappa shape index (κ3) is 5.45. The Morgan fingerprint density at radius 3 is 1.88 bits per heavy atom. The summed E-state index contributed by atoms with van der Waals surface area (Å²) in [7, 11) is 0. The molecule has 10 heteroatoms. The van der Waals surface area contributed by atoms with Crippen LogP contribution in [0, 0.1) is 0 Å². The molecule has 0 fully saturated rings. The summed E-state index contributed by atoms with van der Waals surface area (Å²) in [6.45, 7) is 0. The summed E-state index contributed by atoms with van der Waals surface area (Å²) in [5, 5.41) is 4.76. The molecule has 0 radical (unpaired) electrons. The Morgan fingerprint density at radius 2 is 1.25 bits per heavy atom.